The fourth-order valence-corrected chi connectivity index (χ4v) is 5.17. The molecule has 0 heterocycles. The van der Waals surface area contributed by atoms with Crippen LogP contribution in [0.3, 0.4) is 0 Å². The van der Waals surface area contributed by atoms with Crippen LogP contribution in [0.4, 0.5) is 26.3 Å². The minimum absolute atomic E-state index is 0.110. The summed E-state index contributed by atoms with van der Waals surface area (Å²) in [5.74, 6) is 0. The van der Waals surface area contributed by atoms with Crippen LogP contribution in [0.1, 0.15) is 37.5 Å². The second-order valence-electron chi connectivity index (χ2n) is 7.01. The van der Waals surface area contributed by atoms with Gasteiger partial charge in [0.15, 0.2) is 0 Å². The molecule has 2 aromatic rings. The standard InChI is InChI=1S/C19H19F6P/c1-17(2,3)26(12-13-7-5-4-6-8-13)16-10-14(18(20,21)22)9-15(11-16)19(23,24)25/h4-11H,12H2,1-3H3. The minimum atomic E-state index is -4.83. The van der Waals surface area contributed by atoms with Gasteiger partial charge in [-0.25, -0.2) is 0 Å². The van der Waals surface area contributed by atoms with E-state index in [1.54, 1.807) is 12.1 Å². The van der Waals surface area contributed by atoms with Gasteiger partial charge in [-0.2, -0.15) is 26.3 Å². The highest BCUT2D eigenvalue weighted by atomic mass is 31.1. The Balaban J connectivity index is 2.60. The first kappa shape index (κ1) is 20.8. The zero-order chi connectivity index (χ0) is 19.8. The van der Waals surface area contributed by atoms with E-state index in [1.807, 2.05) is 39.0 Å². The molecule has 142 valence electrons. The highest BCUT2D eigenvalue weighted by Gasteiger charge is 2.38. The Morgan fingerprint density at radius 1 is 0.731 bits per heavy atom. The molecule has 0 bridgehead atoms. The Bertz CT molecular complexity index is 709. The quantitative estimate of drug-likeness (QED) is 0.397. The molecule has 0 aliphatic heterocycles. The van der Waals surface area contributed by atoms with Gasteiger partial charge in [0.1, 0.15) is 0 Å². The van der Waals surface area contributed by atoms with Gasteiger partial charge in [-0.05, 0) is 40.4 Å². The molecule has 0 aromatic heterocycles. The predicted octanol–water partition coefficient (Wildman–Crippen LogP) is 6.83. The average molecular weight is 392 g/mol. The maximum Gasteiger partial charge on any atom is 0.416 e. The van der Waals surface area contributed by atoms with Crippen molar-refractivity contribution < 1.29 is 26.3 Å². The Morgan fingerprint density at radius 3 is 1.58 bits per heavy atom. The molecule has 0 radical (unpaired) electrons. The van der Waals surface area contributed by atoms with Crippen molar-refractivity contribution in [1.29, 1.82) is 0 Å². The minimum Gasteiger partial charge on any atom is -0.166 e. The number of halogens is 6. The van der Waals surface area contributed by atoms with Crippen molar-refractivity contribution >= 4 is 13.2 Å². The van der Waals surface area contributed by atoms with Crippen molar-refractivity contribution in [2.45, 2.75) is 44.4 Å². The summed E-state index contributed by atoms with van der Waals surface area (Å²) in [5, 5.41) is -0.350. The Morgan fingerprint density at radius 2 is 1.19 bits per heavy atom. The molecule has 0 fully saturated rings. The molecule has 0 N–H and O–H groups in total. The number of benzene rings is 2. The maximum absolute atomic E-state index is 13.2. The van der Waals surface area contributed by atoms with Crippen molar-refractivity contribution in [2.75, 3.05) is 0 Å². The van der Waals surface area contributed by atoms with Crippen LogP contribution in [-0.4, -0.2) is 5.16 Å². The van der Waals surface area contributed by atoms with Gasteiger partial charge < -0.3 is 0 Å². The molecular formula is C19H19F6P. The molecule has 1 unspecified atom stereocenters. The summed E-state index contributed by atoms with van der Waals surface area (Å²) in [6.45, 7) is 5.53. The van der Waals surface area contributed by atoms with E-state index in [2.05, 4.69) is 0 Å². The third-order valence-corrected chi connectivity index (χ3v) is 7.06. The summed E-state index contributed by atoms with van der Waals surface area (Å²) in [7, 11) is -1.30. The van der Waals surface area contributed by atoms with Crippen LogP contribution in [0.15, 0.2) is 48.5 Å². The number of hydrogen-bond donors (Lipinski definition) is 0. The summed E-state index contributed by atoms with van der Waals surface area (Å²) < 4.78 is 79.0. The topological polar surface area (TPSA) is 0 Å². The van der Waals surface area contributed by atoms with Crippen LogP contribution >= 0.6 is 7.92 Å². The molecule has 0 aliphatic carbocycles. The van der Waals surface area contributed by atoms with E-state index in [1.165, 1.54) is 0 Å². The lowest BCUT2D eigenvalue weighted by molar-refractivity contribution is -0.142. The van der Waals surface area contributed by atoms with Gasteiger partial charge in [0, 0.05) is 0 Å². The van der Waals surface area contributed by atoms with Gasteiger partial charge in [0.2, 0.25) is 0 Å². The summed E-state index contributed by atoms with van der Waals surface area (Å²) in [6.07, 6.45) is -9.25. The number of rotatable bonds is 3. The van der Waals surface area contributed by atoms with Crippen LogP contribution in [0, 0.1) is 0 Å². The van der Waals surface area contributed by atoms with Crippen molar-refractivity contribution in [1.82, 2.24) is 0 Å². The summed E-state index contributed by atoms with van der Waals surface area (Å²) in [6, 6.07) is 11.0. The smallest absolute Gasteiger partial charge is 0.166 e. The fraction of sp³-hybridized carbons (Fsp3) is 0.368. The fourth-order valence-electron chi connectivity index (χ4n) is 2.58. The van der Waals surface area contributed by atoms with Crippen LogP contribution in [0.25, 0.3) is 0 Å². The second-order valence-corrected chi connectivity index (χ2v) is 10.0. The molecule has 2 rings (SSSR count). The van der Waals surface area contributed by atoms with Gasteiger partial charge in [0.05, 0.1) is 11.1 Å². The highest BCUT2D eigenvalue weighted by Crippen LogP contribution is 2.52. The predicted molar refractivity (Wildman–Crippen MR) is 92.9 cm³/mol. The zero-order valence-corrected chi connectivity index (χ0v) is 15.4. The third kappa shape index (κ3) is 5.23. The molecule has 0 amide bonds. The van der Waals surface area contributed by atoms with Crippen molar-refractivity contribution in [3.05, 3.63) is 65.2 Å². The molecule has 0 saturated heterocycles. The zero-order valence-electron chi connectivity index (χ0n) is 14.5. The molecular weight excluding hydrogens is 373 g/mol. The molecule has 2 aromatic carbocycles. The first-order chi connectivity index (χ1) is 11.8. The molecule has 0 saturated carbocycles. The molecule has 0 aliphatic rings. The Hall–Kier alpha value is -1.55. The average Bonchev–Trinajstić information content (AvgIpc) is 2.50. The van der Waals surface area contributed by atoms with Crippen molar-refractivity contribution in [2.24, 2.45) is 0 Å². The van der Waals surface area contributed by atoms with E-state index >= 15 is 0 Å². The van der Waals surface area contributed by atoms with E-state index < -0.39 is 36.6 Å². The molecule has 1 atom stereocenters. The summed E-state index contributed by atoms with van der Waals surface area (Å²) in [5.41, 5.74) is -1.63. The van der Waals surface area contributed by atoms with E-state index in [0.717, 1.165) is 17.7 Å². The van der Waals surface area contributed by atoms with E-state index in [9.17, 15) is 26.3 Å². The first-order valence-electron chi connectivity index (χ1n) is 7.89. The Labute approximate surface area is 150 Å². The summed E-state index contributed by atoms with van der Waals surface area (Å²) >= 11 is 0. The van der Waals surface area contributed by atoms with Crippen LogP contribution < -0.4 is 5.30 Å². The first-order valence-corrected chi connectivity index (χ1v) is 9.42. The SMILES string of the molecule is CC(C)(C)P(Cc1ccccc1)c1cc(C(F)(F)F)cc(C(F)(F)F)c1. The van der Waals surface area contributed by atoms with Crippen LogP contribution in [-0.2, 0) is 18.5 Å². The summed E-state index contributed by atoms with van der Waals surface area (Å²) in [4.78, 5) is 0. The second kappa shape index (κ2) is 7.22. The lowest BCUT2D eigenvalue weighted by Crippen LogP contribution is -2.23. The molecule has 26 heavy (non-hydrogen) atoms. The van der Waals surface area contributed by atoms with Crippen LogP contribution in [0.2, 0.25) is 0 Å². The van der Waals surface area contributed by atoms with Gasteiger partial charge in [-0.1, -0.05) is 59.0 Å². The van der Waals surface area contributed by atoms with Gasteiger partial charge in [-0.15, -0.1) is 0 Å². The van der Waals surface area contributed by atoms with Gasteiger partial charge in [0.25, 0.3) is 0 Å². The lowest BCUT2D eigenvalue weighted by atomic mass is 10.1. The normalized spacial score (nSPS) is 14.3. The number of alkyl halides is 6. The molecule has 0 nitrogen and oxygen atoms in total. The molecule has 7 heteroatoms. The van der Waals surface area contributed by atoms with Gasteiger partial charge >= 0.3 is 12.4 Å². The molecule has 0 spiro atoms. The highest BCUT2D eigenvalue weighted by molar-refractivity contribution is 7.66. The number of hydrogen-bond acceptors (Lipinski definition) is 0. The van der Waals surface area contributed by atoms with E-state index in [0.29, 0.717) is 6.16 Å². The van der Waals surface area contributed by atoms with Gasteiger partial charge in [-0.3, -0.25) is 0 Å². The Kier molecular flexibility index (Phi) is 5.77. The van der Waals surface area contributed by atoms with E-state index in [-0.39, 0.29) is 11.4 Å². The van der Waals surface area contributed by atoms with Crippen LogP contribution in [0.5, 0.6) is 0 Å². The monoisotopic (exact) mass is 392 g/mol. The largest absolute Gasteiger partial charge is 0.416 e. The maximum atomic E-state index is 13.2. The lowest BCUT2D eigenvalue weighted by Gasteiger charge is -2.33. The van der Waals surface area contributed by atoms with Crippen molar-refractivity contribution in [3.63, 3.8) is 0 Å². The van der Waals surface area contributed by atoms with E-state index in [4.69, 9.17) is 0 Å². The third-order valence-electron chi connectivity index (χ3n) is 3.88. The van der Waals surface area contributed by atoms with Crippen molar-refractivity contribution in [3.8, 4) is 0 Å².